The molecule has 7 rings (SSSR count). The lowest BCUT2D eigenvalue weighted by Gasteiger charge is -2.22. The Morgan fingerprint density at radius 2 is 1.64 bits per heavy atom. The Labute approximate surface area is 245 Å². The maximum absolute atomic E-state index is 14.0. The minimum Gasteiger partial charge on any atom is -0.438 e. The van der Waals surface area contributed by atoms with Gasteiger partial charge in [0.2, 0.25) is 5.88 Å². The number of nitrogen functional groups attached to an aromatic ring is 1. The fourth-order valence-electron chi connectivity index (χ4n) is 5.05. The van der Waals surface area contributed by atoms with Gasteiger partial charge in [-0.1, -0.05) is 89.6 Å². The average molecular weight is 572 g/mol. The second-order valence-corrected chi connectivity index (χ2v) is 10.1. The van der Waals surface area contributed by atoms with Crippen molar-refractivity contribution in [3.05, 3.63) is 113 Å². The molecular weight excluding hydrogens is 550 g/mol. The van der Waals surface area contributed by atoms with E-state index in [1.165, 1.54) is 0 Å². The number of amides is 1. The number of aromatic nitrogens is 3. The predicted octanol–water partition coefficient (Wildman–Crippen LogP) is 8.02. The van der Waals surface area contributed by atoms with E-state index in [4.69, 9.17) is 31.6 Å². The number of halogens is 1. The predicted molar refractivity (Wildman–Crippen MR) is 164 cm³/mol. The van der Waals surface area contributed by atoms with Crippen molar-refractivity contribution < 1.29 is 14.1 Å². The number of ether oxygens (including phenoxy) is 1. The maximum atomic E-state index is 14.0. The van der Waals surface area contributed by atoms with E-state index in [-0.39, 0.29) is 17.3 Å². The molecule has 3 N–H and O–H groups in total. The number of fused-ring (bicyclic) bond motifs is 2. The number of anilines is 2. The zero-order chi connectivity index (χ0) is 28.8. The van der Waals surface area contributed by atoms with Gasteiger partial charge in [-0.3, -0.25) is 4.79 Å². The summed E-state index contributed by atoms with van der Waals surface area (Å²) in [4.78, 5) is 23.4. The summed E-state index contributed by atoms with van der Waals surface area (Å²) in [6.45, 7) is 1.75. The van der Waals surface area contributed by atoms with Gasteiger partial charge in [-0.05, 0) is 36.8 Å². The summed E-state index contributed by atoms with van der Waals surface area (Å²) in [5.74, 6) is 0.752. The van der Waals surface area contributed by atoms with Crippen LogP contribution in [0.15, 0.2) is 89.5 Å². The molecule has 0 aliphatic carbocycles. The Bertz CT molecular complexity index is 2050. The summed E-state index contributed by atoms with van der Waals surface area (Å²) >= 11 is 6.58. The first-order chi connectivity index (χ1) is 20.5. The topological polar surface area (TPSA) is 116 Å². The number of carbonyl (C=O) groups is 1. The van der Waals surface area contributed by atoms with Gasteiger partial charge in [0.1, 0.15) is 28.5 Å². The first kappa shape index (κ1) is 25.5. The third kappa shape index (κ3) is 4.34. The highest BCUT2D eigenvalue weighted by molar-refractivity contribution is 6.33. The molecule has 1 aliphatic heterocycles. The standard InChI is InChI=1S/C33H22ClN5O3/c1-18-29(26(42-39-18)16-15-19-9-3-2-4-10-19)37-32(40)28-30-27-22(17-24(36-30)21-12-5-7-13-23(21)34)20-11-6-8-14-25(20)41-33(27)38-31(28)35/h2-17H,1H3,(H2,35,38)(H,37,40)/b16-15+. The molecule has 204 valence electrons. The average Bonchev–Trinajstić information content (AvgIpc) is 3.35. The molecular formula is C33H22ClN5O3. The van der Waals surface area contributed by atoms with Crippen LogP contribution in [0.25, 0.3) is 45.4 Å². The summed E-state index contributed by atoms with van der Waals surface area (Å²) in [5, 5.41) is 8.10. The Hall–Kier alpha value is -5.47. The number of nitrogens with one attached hydrogen (secondary N) is 1. The van der Waals surface area contributed by atoms with Gasteiger partial charge in [0.05, 0.1) is 16.6 Å². The quantitative estimate of drug-likeness (QED) is 0.215. The van der Waals surface area contributed by atoms with Crippen molar-refractivity contribution >= 4 is 52.1 Å². The monoisotopic (exact) mass is 571 g/mol. The Balaban J connectivity index is 1.39. The van der Waals surface area contributed by atoms with Gasteiger partial charge in [0.25, 0.3) is 5.91 Å². The van der Waals surface area contributed by atoms with Crippen molar-refractivity contribution in [1.29, 1.82) is 0 Å². The molecule has 3 aromatic heterocycles. The molecule has 6 aromatic rings. The Kier molecular flexibility index (Phi) is 6.18. The van der Waals surface area contributed by atoms with Gasteiger partial charge in [-0.25, -0.2) is 4.98 Å². The highest BCUT2D eigenvalue weighted by Crippen LogP contribution is 2.48. The van der Waals surface area contributed by atoms with Crippen LogP contribution < -0.4 is 15.8 Å². The van der Waals surface area contributed by atoms with Crippen LogP contribution in [0.1, 0.15) is 27.4 Å². The van der Waals surface area contributed by atoms with Gasteiger partial charge < -0.3 is 20.3 Å². The molecule has 0 saturated heterocycles. The number of carbonyl (C=O) groups excluding carboxylic acids is 1. The van der Waals surface area contributed by atoms with Crippen LogP contribution in [-0.4, -0.2) is 21.0 Å². The third-order valence-corrected chi connectivity index (χ3v) is 7.39. The number of nitrogens with zero attached hydrogens (tertiary/aromatic N) is 3. The van der Waals surface area contributed by atoms with Crippen LogP contribution in [0.4, 0.5) is 11.5 Å². The van der Waals surface area contributed by atoms with Crippen LogP contribution >= 0.6 is 11.6 Å². The molecule has 8 nitrogen and oxygen atoms in total. The molecule has 9 heteroatoms. The van der Waals surface area contributed by atoms with Crippen molar-refractivity contribution in [2.24, 2.45) is 0 Å². The van der Waals surface area contributed by atoms with Crippen LogP contribution in [-0.2, 0) is 0 Å². The zero-order valence-electron chi connectivity index (χ0n) is 22.3. The number of hydrogen-bond acceptors (Lipinski definition) is 7. The zero-order valence-corrected chi connectivity index (χ0v) is 23.0. The summed E-state index contributed by atoms with van der Waals surface area (Å²) in [7, 11) is 0. The van der Waals surface area contributed by atoms with Crippen LogP contribution in [0.3, 0.4) is 0 Å². The van der Waals surface area contributed by atoms with Crippen LogP contribution in [0.2, 0.25) is 5.02 Å². The van der Waals surface area contributed by atoms with E-state index >= 15 is 0 Å². The fraction of sp³-hybridized carbons (Fsp3) is 0.0303. The number of pyridine rings is 2. The van der Waals surface area contributed by atoms with E-state index in [0.29, 0.717) is 50.1 Å². The van der Waals surface area contributed by atoms with Crippen LogP contribution in [0, 0.1) is 6.92 Å². The summed E-state index contributed by atoms with van der Waals surface area (Å²) in [6.07, 6.45) is 3.63. The molecule has 0 atom stereocenters. The first-order valence-electron chi connectivity index (χ1n) is 13.1. The number of benzene rings is 3. The van der Waals surface area contributed by atoms with Gasteiger partial charge in [-0.15, -0.1) is 0 Å². The van der Waals surface area contributed by atoms with E-state index in [0.717, 1.165) is 16.7 Å². The molecule has 0 radical (unpaired) electrons. The fourth-order valence-corrected chi connectivity index (χ4v) is 5.28. The SMILES string of the molecule is Cc1noc(/C=C/c2ccccc2)c1NC(=O)c1c(N)nc2c3c(cc(-c4ccccc4Cl)nc13)-c1ccccc1O2. The number of para-hydroxylation sites is 1. The largest absolute Gasteiger partial charge is 0.438 e. The van der Waals surface area contributed by atoms with E-state index in [9.17, 15) is 4.79 Å². The van der Waals surface area contributed by atoms with Gasteiger partial charge in [-0.2, -0.15) is 4.98 Å². The molecule has 4 heterocycles. The summed E-state index contributed by atoms with van der Waals surface area (Å²) in [6, 6.07) is 26.7. The van der Waals surface area contributed by atoms with Crippen molar-refractivity contribution in [1.82, 2.24) is 15.1 Å². The molecule has 0 bridgehead atoms. The number of aryl methyl sites for hydroxylation is 1. The van der Waals surface area contributed by atoms with Crippen molar-refractivity contribution in [3.63, 3.8) is 0 Å². The lowest BCUT2D eigenvalue weighted by molar-refractivity contribution is 0.102. The molecule has 0 fully saturated rings. The molecule has 0 unspecified atom stereocenters. The highest BCUT2D eigenvalue weighted by atomic mass is 35.5. The Morgan fingerprint density at radius 1 is 0.905 bits per heavy atom. The highest BCUT2D eigenvalue weighted by Gasteiger charge is 2.29. The van der Waals surface area contributed by atoms with E-state index in [2.05, 4.69) is 15.5 Å². The number of hydrogen-bond donors (Lipinski definition) is 2. The van der Waals surface area contributed by atoms with Gasteiger partial charge in [0, 0.05) is 21.7 Å². The van der Waals surface area contributed by atoms with Crippen LogP contribution in [0.5, 0.6) is 11.6 Å². The van der Waals surface area contributed by atoms with E-state index in [1.807, 2.05) is 84.9 Å². The number of rotatable bonds is 5. The minimum atomic E-state index is -0.513. The second kappa shape index (κ2) is 10.2. The van der Waals surface area contributed by atoms with Gasteiger partial charge >= 0.3 is 0 Å². The van der Waals surface area contributed by atoms with E-state index in [1.54, 1.807) is 19.1 Å². The molecule has 0 spiro atoms. The first-order valence-corrected chi connectivity index (χ1v) is 13.5. The lowest BCUT2D eigenvalue weighted by atomic mass is 9.95. The minimum absolute atomic E-state index is 0.0281. The van der Waals surface area contributed by atoms with Crippen molar-refractivity contribution in [2.45, 2.75) is 6.92 Å². The van der Waals surface area contributed by atoms with E-state index < -0.39 is 5.91 Å². The second-order valence-electron chi connectivity index (χ2n) is 9.74. The molecule has 1 amide bonds. The Morgan fingerprint density at radius 3 is 2.45 bits per heavy atom. The third-order valence-electron chi connectivity index (χ3n) is 7.06. The normalized spacial score (nSPS) is 11.9. The summed E-state index contributed by atoms with van der Waals surface area (Å²) in [5.41, 5.74) is 11.7. The lowest BCUT2D eigenvalue weighted by Crippen LogP contribution is -2.18. The summed E-state index contributed by atoms with van der Waals surface area (Å²) < 4.78 is 11.6. The smallest absolute Gasteiger partial charge is 0.261 e. The number of nitrogens with two attached hydrogens (primary N) is 1. The van der Waals surface area contributed by atoms with Gasteiger partial charge in [0.15, 0.2) is 5.76 Å². The molecule has 1 aliphatic rings. The maximum Gasteiger partial charge on any atom is 0.261 e. The van der Waals surface area contributed by atoms with Crippen molar-refractivity contribution in [3.8, 4) is 34.0 Å². The molecule has 3 aromatic carbocycles. The molecule has 42 heavy (non-hydrogen) atoms. The van der Waals surface area contributed by atoms with Crippen molar-refractivity contribution in [2.75, 3.05) is 11.1 Å². The molecule has 0 saturated carbocycles.